The maximum Gasteiger partial charge on any atom is 0.403 e. The molecule has 1 heterocycles. The Balaban J connectivity index is 2.77. The lowest BCUT2D eigenvalue weighted by Gasteiger charge is -2.12. The van der Waals surface area contributed by atoms with E-state index < -0.39 is 24.1 Å². The first-order chi connectivity index (χ1) is 4.93. The van der Waals surface area contributed by atoms with Crippen molar-refractivity contribution in [3.8, 4) is 0 Å². The van der Waals surface area contributed by atoms with Crippen molar-refractivity contribution in [1.82, 2.24) is 5.48 Å². The highest BCUT2D eigenvalue weighted by atomic mass is 19.4. The van der Waals surface area contributed by atoms with Crippen molar-refractivity contribution in [2.24, 2.45) is 5.92 Å². The van der Waals surface area contributed by atoms with Crippen LogP contribution in [-0.4, -0.2) is 18.2 Å². The summed E-state index contributed by atoms with van der Waals surface area (Å²) in [4.78, 5) is 14.4. The molecule has 0 aromatic heterocycles. The van der Waals surface area contributed by atoms with E-state index in [1.54, 1.807) is 0 Å². The fourth-order valence-electron chi connectivity index (χ4n) is 0.904. The molecule has 1 fully saturated rings. The van der Waals surface area contributed by atoms with Crippen molar-refractivity contribution < 1.29 is 22.8 Å². The van der Waals surface area contributed by atoms with Gasteiger partial charge in [0.15, 0.2) is 5.92 Å². The van der Waals surface area contributed by atoms with Crippen LogP contribution in [0.15, 0.2) is 0 Å². The third-order valence-corrected chi connectivity index (χ3v) is 1.45. The van der Waals surface area contributed by atoms with Crippen molar-refractivity contribution in [3.05, 3.63) is 0 Å². The number of alkyl halides is 3. The number of rotatable bonds is 0. The molecule has 3 nitrogen and oxygen atoms in total. The molecule has 2 atom stereocenters. The summed E-state index contributed by atoms with van der Waals surface area (Å²) < 4.78 is 35.8. The van der Waals surface area contributed by atoms with Crippen molar-refractivity contribution in [2.75, 3.05) is 0 Å². The molecule has 1 aliphatic heterocycles. The molecule has 0 saturated carbocycles. The Bertz CT molecular complexity index is 179. The molecule has 2 unspecified atom stereocenters. The van der Waals surface area contributed by atoms with E-state index in [2.05, 4.69) is 4.84 Å². The van der Waals surface area contributed by atoms with Crippen molar-refractivity contribution in [3.63, 3.8) is 0 Å². The van der Waals surface area contributed by atoms with Gasteiger partial charge in [0.25, 0.3) is 0 Å². The minimum Gasteiger partial charge on any atom is -0.370 e. The van der Waals surface area contributed by atoms with Crippen LogP contribution < -0.4 is 5.48 Å². The zero-order chi connectivity index (χ0) is 8.65. The van der Waals surface area contributed by atoms with Crippen LogP contribution in [0.3, 0.4) is 0 Å². The van der Waals surface area contributed by atoms with Crippen molar-refractivity contribution >= 4 is 5.97 Å². The molecule has 0 aromatic rings. The van der Waals surface area contributed by atoms with Gasteiger partial charge >= 0.3 is 12.1 Å². The first-order valence-electron chi connectivity index (χ1n) is 2.96. The van der Waals surface area contributed by atoms with Crippen LogP contribution in [0.2, 0.25) is 0 Å². The second kappa shape index (κ2) is 2.37. The van der Waals surface area contributed by atoms with Gasteiger partial charge in [-0.1, -0.05) is 0 Å². The summed E-state index contributed by atoms with van der Waals surface area (Å²) in [5.74, 6) is -3.28. The third kappa shape index (κ3) is 1.45. The number of hydrogen-bond donors (Lipinski definition) is 1. The number of carbonyl (C=O) groups is 1. The summed E-state index contributed by atoms with van der Waals surface area (Å²) in [5.41, 5.74) is 1.96. The SMILES string of the molecule is CC1NOC(=O)C1C(F)(F)F. The first kappa shape index (κ1) is 8.32. The molecule has 0 spiro atoms. The summed E-state index contributed by atoms with van der Waals surface area (Å²) in [6.45, 7) is 1.24. The minimum absolute atomic E-state index is 0.998. The second-order valence-electron chi connectivity index (χ2n) is 2.35. The molecule has 64 valence electrons. The quantitative estimate of drug-likeness (QED) is 0.577. The fourth-order valence-corrected chi connectivity index (χ4v) is 0.904. The van der Waals surface area contributed by atoms with Gasteiger partial charge in [-0.2, -0.15) is 13.2 Å². The Morgan fingerprint density at radius 2 is 2.09 bits per heavy atom. The molecule has 0 aliphatic carbocycles. The van der Waals surface area contributed by atoms with Crippen molar-refractivity contribution in [1.29, 1.82) is 0 Å². The minimum atomic E-state index is -4.51. The van der Waals surface area contributed by atoms with Gasteiger partial charge < -0.3 is 4.84 Å². The normalized spacial score (nSPS) is 32.2. The molecular weight excluding hydrogens is 163 g/mol. The second-order valence-corrected chi connectivity index (χ2v) is 2.35. The Hall–Kier alpha value is -0.780. The highest BCUT2D eigenvalue weighted by Gasteiger charge is 2.53. The van der Waals surface area contributed by atoms with Gasteiger partial charge in [0.2, 0.25) is 0 Å². The van der Waals surface area contributed by atoms with Gasteiger partial charge in [-0.25, -0.2) is 4.79 Å². The highest BCUT2D eigenvalue weighted by Crippen LogP contribution is 2.32. The van der Waals surface area contributed by atoms with E-state index >= 15 is 0 Å². The Labute approximate surface area is 60.5 Å². The molecule has 0 radical (unpaired) electrons. The number of hydroxylamine groups is 1. The summed E-state index contributed by atoms with van der Waals surface area (Å²) in [6.07, 6.45) is -4.51. The summed E-state index contributed by atoms with van der Waals surface area (Å²) >= 11 is 0. The number of nitrogens with one attached hydrogen (secondary N) is 1. The molecule has 0 aromatic carbocycles. The Kier molecular flexibility index (Phi) is 1.79. The van der Waals surface area contributed by atoms with E-state index in [1.165, 1.54) is 6.92 Å². The molecule has 0 amide bonds. The zero-order valence-electron chi connectivity index (χ0n) is 5.61. The molecule has 1 aliphatic rings. The molecule has 6 heteroatoms. The smallest absolute Gasteiger partial charge is 0.370 e. The summed E-state index contributed by atoms with van der Waals surface area (Å²) in [7, 11) is 0. The third-order valence-electron chi connectivity index (χ3n) is 1.45. The first-order valence-corrected chi connectivity index (χ1v) is 2.96. The Morgan fingerprint density at radius 3 is 2.27 bits per heavy atom. The standard InChI is InChI=1S/C5H6F3NO2/c1-2-3(5(6,7)8)4(10)11-9-2/h2-3,9H,1H3. The molecule has 0 bridgehead atoms. The predicted octanol–water partition coefficient (Wildman–Crippen LogP) is 0.615. The molecular formula is C5H6F3NO2. The van der Waals surface area contributed by atoms with Crippen LogP contribution in [0.5, 0.6) is 0 Å². The molecule has 1 rings (SSSR count). The monoisotopic (exact) mass is 169 g/mol. The van der Waals surface area contributed by atoms with Crippen LogP contribution in [0.25, 0.3) is 0 Å². The summed E-state index contributed by atoms with van der Waals surface area (Å²) in [5, 5.41) is 0. The zero-order valence-corrected chi connectivity index (χ0v) is 5.61. The topological polar surface area (TPSA) is 38.3 Å². The number of halogens is 3. The molecule has 1 N–H and O–H groups in total. The maximum absolute atomic E-state index is 11.9. The number of carbonyl (C=O) groups excluding carboxylic acids is 1. The van der Waals surface area contributed by atoms with Gasteiger partial charge in [0.05, 0.1) is 6.04 Å². The predicted molar refractivity (Wildman–Crippen MR) is 28.2 cm³/mol. The fraction of sp³-hybridized carbons (Fsp3) is 0.800. The van der Waals surface area contributed by atoms with Crippen molar-refractivity contribution in [2.45, 2.75) is 19.1 Å². The highest BCUT2D eigenvalue weighted by molar-refractivity contribution is 5.75. The average Bonchev–Trinajstić information content (AvgIpc) is 2.08. The molecule has 1 saturated heterocycles. The van der Waals surface area contributed by atoms with E-state index in [9.17, 15) is 18.0 Å². The lowest BCUT2D eigenvalue weighted by atomic mass is 10.0. The van der Waals surface area contributed by atoms with E-state index in [1.807, 2.05) is 5.48 Å². The van der Waals surface area contributed by atoms with Crippen LogP contribution >= 0.6 is 0 Å². The maximum atomic E-state index is 11.9. The lowest BCUT2D eigenvalue weighted by molar-refractivity contribution is -0.186. The van der Waals surface area contributed by atoms with Crippen LogP contribution in [0.1, 0.15) is 6.92 Å². The van der Waals surface area contributed by atoms with Crippen LogP contribution in [0.4, 0.5) is 13.2 Å². The average molecular weight is 169 g/mol. The van der Waals surface area contributed by atoms with Crippen LogP contribution in [0, 0.1) is 5.92 Å². The van der Waals surface area contributed by atoms with E-state index in [0.29, 0.717) is 0 Å². The van der Waals surface area contributed by atoms with Gasteiger partial charge in [-0.05, 0) is 6.92 Å². The lowest BCUT2D eigenvalue weighted by Crippen LogP contribution is -2.35. The van der Waals surface area contributed by atoms with E-state index in [-0.39, 0.29) is 0 Å². The van der Waals surface area contributed by atoms with Gasteiger partial charge in [0.1, 0.15) is 0 Å². The van der Waals surface area contributed by atoms with E-state index in [0.717, 1.165) is 0 Å². The Morgan fingerprint density at radius 1 is 1.55 bits per heavy atom. The van der Waals surface area contributed by atoms with Crippen LogP contribution in [-0.2, 0) is 9.63 Å². The number of hydrogen-bond acceptors (Lipinski definition) is 3. The summed E-state index contributed by atoms with van der Waals surface area (Å²) in [6, 6.07) is -0.998. The van der Waals surface area contributed by atoms with Gasteiger partial charge in [0, 0.05) is 0 Å². The largest absolute Gasteiger partial charge is 0.403 e. The van der Waals surface area contributed by atoms with E-state index in [4.69, 9.17) is 0 Å². The molecule has 11 heavy (non-hydrogen) atoms. The van der Waals surface area contributed by atoms with Gasteiger partial charge in [-0.3, -0.25) is 0 Å². The van der Waals surface area contributed by atoms with Gasteiger partial charge in [-0.15, -0.1) is 5.48 Å².